The number of aromatic amines is 1. The number of halogens is 1. The summed E-state index contributed by atoms with van der Waals surface area (Å²) in [5.41, 5.74) is 7.64. The average Bonchev–Trinajstić information content (AvgIpc) is 2.81. The molecular formula is C13H17ClN2O3. The molecule has 1 aromatic heterocycles. The lowest BCUT2D eigenvalue weighted by Gasteiger charge is -2.08. The number of nitrogens with two attached hydrogens (primary N) is 1. The normalized spacial score (nSPS) is 11.7. The number of para-hydroxylation sites is 1. The molecule has 0 fully saturated rings. The first-order valence-electron chi connectivity index (χ1n) is 5.63. The van der Waals surface area contributed by atoms with Crippen molar-refractivity contribution in [3.05, 3.63) is 30.0 Å². The van der Waals surface area contributed by atoms with E-state index in [1.54, 1.807) is 7.11 Å². The molecule has 1 unspecified atom stereocenters. The molecule has 1 atom stereocenters. The van der Waals surface area contributed by atoms with Gasteiger partial charge in [0.05, 0.1) is 19.7 Å². The summed E-state index contributed by atoms with van der Waals surface area (Å²) in [4.78, 5) is 14.5. The lowest BCUT2D eigenvalue weighted by molar-refractivity contribution is -0.142. The minimum Gasteiger partial charge on any atom is -0.495 e. The van der Waals surface area contributed by atoms with Crippen molar-refractivity contribution < 1.29 is 14.3 Å². The second-order valence-corrected chi connectivity index (χ2v) is 4.03. The number of H-pyrrole nitrogens is 1. The maximum Gasteiger partial charge on any atom is 0.322 e. The summed E-state index contributed by atoms with van der Waals surface area (Å²) in [5.74, 6) is 0.359. The fourth-order valence-corrected chi connectivity index (χ4v) is 2.00. The average molecular weight is 285 g/mol. The standard InChI is InChI=1S/C13H16N2O3.ClH/c1-17-11-5-3-4-9-8(7-15-12(9)11)6-10(14)13(16)18-2;/h3-5,7,10,15H,6,14H2,1-2H3;1H. The quantitative estimate of drug-likeness (QED) is 0.837. The predicted molar refractivity (Wildman–Crippen MR) is 75.8 cm³/mol. The molecule has 19 heavy (non-hydrogen) atoms. The molecule has 0 saturated heterocycles. The molecule has 104 valence electrons. The second-order valence-electron chi connectivity index (χ2n) is 4.03. The molecule has 0 amide bonds. The fourth-order valence-electron chi connectivity index (χ4n) is 2.00. The number of esters is 1. The molecule has 0 aliphatic heterocycles. The van der Waals surface area contributed by atoms with E-state index in [0.717, 1.165) is 22.2 Å². The summed E-state index contributed by atoms with van der Waals surface area (Å²) < 4.78 is 9.88. The predicted octanol–water partition coefficient (Wildman–Crippen LogP) is 1.64. The molecule has 0 aliphatic carbocycles. The Labute approximate surface area is 117 Å². The van der Waals surface area contributed by atoms with Crippen LogP contribution < -0.4 is 10.5 Å². The van der Waals surface area contributed by atoms with E-state index < -0.39 is 12.0 Å². The number of hydrogen-bond acceptors (Lipinski definition) is 4. The van der Waals surface area contributed by atoms with E-state index in [9.17, 15) is 4.79 Å². The fraction of sp³-hybridized carbons (Fsp3) is 0.308. The number of aromatic nitrogens is 1. The Morgan fingerprint density at radius 2 is 2.16 bits per heavy atom. The van der Waals surface area contributed by atoms with Crippen molar-refractivity contribution >= 4 is 29.3 Å². The summed E-state index contributed by atoms with van der Waals surface area (Å²) in [6.45, 7) is 0. The number of nitrogens with one attached hydrogen (secondary N) is 1. The van der Waals surface area contributed by atoms with Crippen LogP contribution in [0.3, 0.4) is 0 Å². The zero-order chi connectivity index (χ0) is 13.1. The van der Waals surface area contributed by atoms with Crippen molar-refractivity contribution in [1.29, 1.82) is 0 Å². The minimum absolute atomic E-state index is 0. The van der Waals surface area contributed by atoms with Gasteiger partial charge in [-0.25, -0.2) is 0 Å². The number of benzene rings is 1. The Morgan fingerprint density at radius 1 is 1.42 bits per heavy atom. The maximum atomic E-state index is 11.3. The van der Waals surface area contributed by atoms with E-state index in [4.69, 9.17) is 10.5 Å². The number of methoxy groups -OCH3 is 2. The van der Waals surface area contributed by atoms with Gasteiger partial charge in [-0.15, -0.1) is 12.4 Å². The van der Waals surface area contributed by atoms with Crippen molar-refractivity contribution in [2.45, 2.75) is 12.5 Å². The summed E-state index contributed by atoms with van der Waals surface area (Å²) in [7, 11) is 2.95. The van der Waals surface area contributed by atoms with Gasteiger partial charge >= 0.3 is 5.97 Å². The van der Waals surface area contributed by atoms with Crippen LogP contribution in [0.15, 0.2) is 24.4 Å². The van der Waals surface area contributed by atoms with Gasteiger partial charge in [-0.05, 0) is 11.6 Å². The summed E-state index contributed by atoms with van der Waals surface area (Å²) >= 11 is 0. The third kappa shape index (κ3) is 3.00. The third-order valence-electron chi connectivity index (χ3n) is 2.93. The smallest absolute Gasteiger partial charge is 0.322 e. The zero-order valence-electron chi connectivity index (χ0n) is 10.8. The SMILES string of the molecule is COC(=O)C(N)Cc1c[nH]c2c(OC)cccc12.Cl. The van der Waals surface area contributed by atoms with Crippen LogP contribution in [0.4, 0.5) is 0 Å². The van der Waals surface area contributed by atoms with Crippen LogP contribution in [0.25, 0.3) is 10.9 Å². The molecular weight excluding hydrogens is 268 g/mol. The topological polar surface area (TPSA) is 77.3 Å². The van der Waals surface area contributed by atoms with Crippen LogP contribution in [0.2, 0.25) is 0 Å². The van der Waals surface area contributed by atoms with Gasteiger partial charge in [-0.1, -0.05) is 12.1 Å². The summed E-state index contributed by atoms with van der Waals surface area (Å²) in [6.07, 6.45) is 2.27. The van der Waals surface area contributed by atoms with E-state index in [1.807, 2.05) is 24.4 Å². The van der Waals surface area contributed by atoms with E-state index in [1.165, 1.54) is 7.11 Å². The summed E-state index contributed by atoms with van der Waals surface area (Å²) in [5, 5.41) is 1.01. The van der Waals surface area contributed by atoms with Crippen molar-refractivity contribution in [2.24, 2.45) is 5.73 Å². The van der Waals surface area contributed by atoms with Gasteiger partial charge in [0.15, 0.2) is 0 Å². The molecule has 0 radical (unpaired) electrons. The highest BCUT2D eigenvalue weighted by Crippen LogP contribution is 2.27. The van der Waals surface area contributed by atoms with E-state index in [-0.39, 0.29) is 12.4 Å². The van der Waals surface area contributed by atoms with Gasteiger partial charge in [0.2, 0.25) is 0 Å². The maximum absolute atomic E-state index is 11.3. The minimum atomic E-state index is -0.653. The van der Waals surface area contributed by atoms with Crippen molar-refractivity contribution in [3.8, 4) is 5.75 Å². The Hall–Kier alpha value is -1.72. The van der Waals surface area contributed by atoms with Gasteiger partial charge in [-0.3, -0.25) is 4.79 Å². The largest absolute Gasteiger partial charge is 0.495 e. The van der Waals surface area contributed by atoms with Crippen LogP contribution in [0.5, 0.6) is 5.75 Å². The van der Waals surface area contributed by atoms with Crippen LogP contribution in [-0.2, 0) is 16.0 Å². The molecule has 0 spiro atoms. The number of rotatable bonds is 4. The lowest BCUT2D eigenvalue weighted by Crippen LogP contribution is -2.33. The van der Waals surface area contributed by atoms with E-state index >= 15 is 0 Å². The Kier molecular flexibility index (Phi) is 5.20. The van der Waals surface area contributed by atoms with Crippen molar-refractivity contribution in [2.75, 3.05) is 14.2 Å². The molecule has 3 N–H and O–H groups in total. The highest BCUT2D eigenvalue weighted by Gasteiger charge is 2.17. The van der Waals surface area contributed by atoms with E-state index in [0.29, 0.717) is 6.42 Å². The lowest BCUT2D eigenvalue weighted by atomic mass is 10.1. The Morgan fingerprint density at radius 3 is 2.79 bits per heavy atom. The Balaban J connectivity index is 0.00000180. The van der Waals surface area contributed by atoms with Crippen LogP contribution in [0, 0.1) is 0 Å². The third-order valence-corrected chi connectivity index (χ3v) is 2.93. The summed E-state index contributed by atoms with van der Waals surface area (Å²) in [6, 6.07) is 5.10. The molecule has 2 aromatic rings. The number of hydrogen-bond donors (Lipinski definition) is 2. The zero-order valence-corrected chi connectivity index (χ0v) is 11.6. The van der Waals surface area contributed by atoms with E-state index in [2.05, 4.69) is 9.72 Å². The highest BCUT2D eigenvalue weighted by atomic mass is 35.5. The molecule has 2 rings (SSSR count). The van der Waals surface area contributed by atoms with Crippen LogP contribution in [0.1, 0.15) is 5.56 Å². The number of carbonyl (C=O) groups is 1. The molecule has 1 heterocycles. The molecule has 6 heteroatoms. The van der Waals surface area contributed by atoms with Gasteiger partial charge in [0.1, 0.15) is 11.8 Å². The molecule has 0 bridgehead atoms. The van der Waals surface area contributed by atoms with Crippen LogP contribution >= 0.6 is 12.4 Å². The first-order chi connectivity index (χ1) is 8.67. The number of fused-ring (bicyclic) bond motifs is 1. The molecule has 0 saturated carbocycles. The molecule has 0 aliphatic rings. The Bertz CT molecular complexity index is 568. The first kappa shape index (κ1) is 15.3. The first-order valence-corrected chi connectivity index (χ1v) is 5.63. The van der Waals surface area contributed by atoms with Crippen molar-refractivity contribution in [3.63, 3.8) is 0 Å². The molecule has 5 nitrogen and oxygen atoms in total. The monoisotopic (exact) mass is 284 g/mol. The number of carbonyl (C=O) groups excluding carboxylic acids is 1. The number of ether oxygens (including phenoxy) is 2. The second kappa shape index (κ2) is 6.45. The van der Waals surface area contributed by atoms with Gasteiger partial charge in [0.25, 0.3) is 0 Å². The van der Waals surface area contributed by atoms with Gasteiger partial charge in [-0.2, -0.15) is 0 Å². The van der Waals surface area contributed by atoms with Gasteiger partial charge < -0.3 is 20.2 Å². The van der Waals surface area contributed by atoms with Crippen LogP contribution in [-0.4, -0.2) is 31.2 Å². The van der Waals surface area contributed by atoms with Gasteiger partial charge in [0, 0.05) is 18.0 Å². The molecule has 1 aromatic carbocycles. The highest BCUT2D eigenvalue weighted by molar-refractivity contribution is 5.89. The van der Waals surface area contributed by atoms with Crippen molar-refractivity contribution in [1.82, 2.24) is 4.98 Å².